The number of hydrogen-bond donors (Lipinski definition) is 2. The fraction of sp³-hybridized carbons (Fsp3) is 0.588. The molecule has 1 aromatic carbocycles. The molecule has 0 radical (unpaired) electrons. The summed E-state index contributed by atoms with van der Waals surface area (Å²) in [6.45, 7) is 6.27. The van der Waals surface area contributed by atoms with E-state index >= 15 is 0 Å². The molecule has 1 aromatic rings. The van der Waals surface area contributed by atoms with Crippen molar-refractivity contribution in [2.75, 3.05) is 13.1 Å². The zero-order valence-corrected chi connectivity index (χ0v) is 13.8. The highest BCUT2D eigenvalue weighted by molar-refractivity contribution is 5.85. The number of rotatable bonds is 5. The third-order valence-electron chi connectivity index (χ3n) is 4.18. The first kappa shape index (κ1) is 18.0. The number of carbonyl (C=O) groups excluding carboxylic acids is 1. The lowest BCUT2D eigenvalue weighted by Gasteiger charge is -2.24. The summed E-state index contributed by atoms with van der Waals surface area (Å²) in [5.74, 6) is 0.529. The van der Waals surface area contributed by atoms with Crippen LogP contribution in [0.3, 0.4) is 0 Å². The molecule has 1 amide bonds. The second kappa shape index (κ2) is 9.06. The van der Waals surface area contributed by atoms with Gasteiger partial charge in [0.1, 0.15) is 0 Å². The van der Waals surface area contributed by atoms with E-state index in [-0.39, 0.29) is 18.3 Å². The quantitative estimate of drug-likeness (QED) is 0.877. The molecule has 1 heterocycles. The van der Waals surface area contributed by atoms with E-state index in [9.17, 15) is 4.79 Å². The van der Waals surface area contributed by atoms with E-state index in [4.69, 9.17) is 0 Å². The molecule has 0 aliphatic carbocycles. The fourth-order valence-electron chi connectivity index (χ4n) is 2.81. The smallest absolute Gasteiger partial charge is 0.220 e. The van der Waals surface area contributed by atoms with Crippen molar-refractivity contribution >= 4 is 18.3 Å². The average molecular weight is 311 g/mol. The van der Waals surface area contributed by atoms with Crippen LogP contribution in [0.4, 0.5) is 0 Å². The van der Waals surface area contributed by atoms with Gasteiger partial charge in [0, 0.05) is 12.5 Å². The van der Waals surface area contributed by atoms with Gasteiger partial charge in [-0.1, -0.05) is 36.8 Å². The van der Waals surface area contributed by atoms with Crippen LogP contribution in [0.1, 0.15) is 49.7 Å². The van der Waals surface area contributed by atoms with E-state index in [1.165, 1.54) is 11.1 Å². The highest BCUT2D eigenvalue weighted by atomic mass is 35.5. The predicted molar refractivity (Wildman–Crippen MR) is 90.1 cm³/mol. The Kier molecular flexibility index (Phi) is 7.76. The molecule has 1 unspecified atom stereocenters. The van der Waals surface area contributed by atoms with E-state index in [2.05, 4.69) is 48.7 Å². The lowest BCUT2D eigenvalue weighted by Crippen LogP contribution is -2.43. The third kappa shape index (κ3) is 5.68. The molecule has 0 bridgehead atoms. The minimum atomic E-state index is 0. The van der Waals surface area contributed by atoms with E-state index < -0.39 is 0 Å². The Hall–Kier alpha value is -1.06. The first-order valence-electron chi connectivity index (χ1n) is 7.75. The molecule has 1 aliphatic heterocycles. The molecule has 2 N–H and O–H groups in total. The summed E-state index contributed by atoms with van der Waals surface area (Å²) in [5.41, 5.74) is 2.54. The van der Waals surface area contributed by atoms with Gasteiger partial charge in [0.15, 0.2) is 0 Å². The molecule has 0 saturated carbocycles. The second-order valence-electron chi connectivity index (χ2n) is 5.81. The van der Waals surface area contributed by atoms with Crippen LogP contribution in [0.15, 0.2) is 24.3 Å². The van der Waals surface area contributed by atoms with Crippen molar-refractivity contribution in [2.24, 2.45) is 0 Å². The third-order valence-corrected chi connectivity index (χ3v) is 4.18. The van der Waals surface area contributed by atoms with Crippen LogP contribution in [0.25, 0.3) is 0 Å². The van der Waals surface area contributed by atoms with Gasteiger partial charge in [-0.3, -0.25) is 4.79 Å². The molecule has 1 saturated heterocycles. The minimum Gasteiger partial charge on any atom is -0.353 e. The second-order valence-corrected chi connectivity index (χ2v) is 5.81. The van der Waals surface area contributed by atoms with Crippen molar-refractivity contribution in [3.63, 3.8) is 0 Å². The SMILES string of the molecule is CCC(CC(=O)NC1CCNCC1)c1ccc(C)cc1.Cl. The predicted octanol–water partition coefficient (Wildman–Crippen LogP) is 3.17. The fourth-order valence-corrected chi connectivity index (χ4v) is 2.81. The number of benzene rings is 1. The topological polar surface area (TPSA) is 41.1 Å². The van der Waals surface area contributed by atoms with E-state index in [0.29, 0.717) is 18.4 Å². The molecule has 1 aliphatic rings. The van der Waals surface area contributed by atoms with Crippen molar-refractivity contribution in [1.82, 2.24) is 10.6 Å². The summed E-state index contributed by atoms with van der Waals surface area (Å²) in [6, 6.07) is 8.92. The number of carbonyl (C=O) groups is 1. The van der Waals surface area contributed by atoms with Gasteiger partial charge in [0.05, 0.1) is 0 Å². The van der Waals surface area contributed by atoms with Crippen molar-refractivity contribution in [1.29, 1.82) is 0 Å². The lowest BCUT2D eigenvalue weighted by molar-refractivity contribution is -0.122. The Morgan fingerprint density at radius 1 is 1.29 bits per heavy atom. The van der Waals surface area contributed by atoms with Crippen LogP contribution in [-0.2, 0) is 4.79 Å². The Balaban J connectivity index is 0.00000220. The number of aryl methyl sites for hydroxylation is 1. The normalized spacial score (nSPS) is 16.9. The first-order chi connectivity index (χ1) is 9.69. The molecule has 1 atom stereocenters. The van der Waals surface area contributed by atoms with Crippen molar-refractivity contribution < 1.29 is 4.79 Å². The maximum Gasteiger partial charge on any atom is 0.220 e. The maximum atomic E-state index is 12.2. The van der Waals surface area contributed by atoms with Crippen molar-refractivity contribution in [2.45, 2.75) is 51.5 Å². The molecule has 0 spiro atoms. The van der Waals surface area contributed by atoms with E-state index in [1.54, 1.807) is 0 Å². The van der Waals surface area contributed by atoms with Gasteiger partial charge in [-0.05, 0) is 50.8 Å². The van der Waals surface area contributed by atoms with Crippen molar-refractivity contribution in [3.8, 4) is 0 Å². The number of nitrogens with one attached hydrogen (secondary N) is 2. The van der Waals surface area contributed by atoms with Gasteiger partial charge in [-0.2, -0.15) is 0 Å². The number of amides is 1. The monoisotopic (exact) mass is 310 g/mol. The van der Waals surface area contributed by atoms with E-state index in [0.717, 1.165) is 32.4 Å². The Labute approximate surface area is 134 Å². The van der Waals surface area contributed by atoms with Crippen LogP contribution in [0.2, 0.25) is 0 Å². The van der Waals surface area contributed by atoms with Gasteiger partial charge in [-0.15, -0.1) is 12.4 Å². The molecule has 0 aromatic heterocycles. The standard InChI is InChI=1S/C17H26N2O.ClH/c1-3-14(15-6-4-13(2)5-7-15)12-17(20)19-16-8-10-18-11-9-16;/h4-7,14,16,18H,3,8-12H2,1-2H3,(H,19,20);1H. The molecule has 118 valence electrons. The summed E-state index contributed by atoms with van der Waals surface area (Å²) in [5, 5.41) is 6.51. The lowest BCUT2D eigenvalue weighted by atomic mass is 9.92. The van der Waals surface area contributed by atoms with Crippen LogP contribution >= 0.6 is 12.4 Å². The zero-order chi connectivity index (χ0) is 14.4. The van der Waals surface area contributed by atoms with Gasteiger partial charge in [0.25, 0.3) is 0 Å². The van der Waals surface area contributed by atoms with Crippen LogP contribution in [-0.4, -0.2) is 25.0 Å². The molecule has 21 heavy (non-hydrogen) atoms. The summed E-state index contributed by atoms with van der Waals surface area (Å²) >= 11 is 0. The van der Waals surface area contributed by atoms with Crippen LogP contribution < -0.4 is 10.6 Å². The molecular formula is C17H27ClN2O. The Bertz CT molecular complexity index is 427. The molecule has 2 rings (SSSR count). The van der Waals surface area contributed by atoms with Gasteiger partial charge >= 0.3 is 0 Å². The molecular weight excluding hydrogens is 284 g/mol. The first-order valence-corrected chi connectivity index (χ1v) is 7.75. The molecule has 1 fully saturated rings. The minimum absolute atomic E-state index is 0. The van der Waals surface area contributed by atoms with Crippen LogP contribution in [0, 0.1) is 6.92 Å². The number of halogens is 1. The summed E-state index contributed by atoms with van der Waals surface area (Å²) in [4.78, 5) is 12.2. The summed E-state index contributed by atoms with van der Waals surface area (Å²) in [7, 11) is 0. The summed E-state index contributed by atoms with van der Waals surface area (Å²) < 4.78 is 0. The highest BCUT2D eigenvalue weighted by Crippen LogP contribution is 2.23. The van der Waals surface area contributed by atoms with E-state index in [1.807, 2.05) is 0 Å². The number of piperidine rings is 1. The largest absolute Gasteiger partial charge is 0.353 e. The zero-order valence-electron chi connectivity index (χ0n) is 13.0. The van der Waals surface area contributed by atoms with Gasteiger partial charge in [-0.25, -0.2) is 0 Å². The van der Waals surface area contributed by atoms with Crippen molar-refractivity contribution in [3.05, 3.63) is 35.4 Å². The van der Waals surface area contributed by atoms with Gasteiger partial charge < -0.3 is 10.6 Å². The summed E-state index contributed by atoms with van der Waals surface area (Å²) in [6.07, 6.45) is 3.70. The van der Waals surface area contributed by atoms with Crippen LogP contribution in [0.5, 0.6) is 0 Å². The highest BCUT2D eigenvalue weighted by Gasteiger charge is 2.18. The Morgan fingerprint density at radius 2 is 1.90 bits per heavy atom. The average Bonchev–Trinajstić information content (AvgIpc) is 2.47. The maximum absolute atomic E-state index is 12.2. The Morgan fingerprint density at radius 3 is 2.48 bits per heavy atom. The number of hydrogen-bond acceptors (Lipinski definition) is 2. The van der Waals surface area contributed by atoms with Gasteiger partial charge in [0.2, 0.25) is 5.91 Å². The molecule has 3 nitrogen and oxygen atoms in total. The molecule has 4 heteroatoms.